The number of H-pyrrole nitrogens is 1. The van der Waals surface area contributed by atoms with Crippen molar-refractivity contribution in [3.63, 3.8) is 0 Å². The highest BCUT2D eigenvalue weighted by atomic mass is 32.1. The van der Waals surface area contributed by atoms with E-state index in [9.17, 15) is 4.79 Å². The Bertz CT molecular complexity index is 1240. The molecule has 1 N–H and O–H groups in total. The second kappa shape index (κ2) is 6.63. The summed E-state index contributed by atoms with van der Waals surface area (Å²) in [6.45, 7) is 8.03. The number of aromatic nitrogens is 3. The zero-order chi connectivity index (χ0) is 19.1. The van der Waals surface area contributed by atoms with Gasteiger partial charge >= 0.3 is 0 Å². The minimum absolute atomic E-state index is 0.114. The van der Waals surface area contributed by atoms with Crippen molar-refractivity contribution >= 4 is 32.9 Å². The van der Waals surface area contributed by atoms with Gasteiger partial charge in [-0.2, -0.15) is 0 Å². The van der Waals surface area contributed by atoms with Gasteiger partial charge in [0.15, 0.2) is 0 Å². The summed E-state index contributed by atoms with van der Waals surface area (Å²) in [5.74, 6) is 0. The standard InChI is InChI=1S/C21H20N4OS/c1-12-5-8-18-19(9-12)27-21(23-18)22-11-17-15(4)24-25(20(17)26)16-7-6-13(2)14(3)10-16/h5-11,24H,1-4H3/b22-11+. The highest BCUT2D eigenvalue weighted by Gasteiger charge is 2.12. The molecular weight excluding hydrogens is 356 g/mol. The first kappa shape index (κ1) is 17.4. The molecule has 0 aliphatic heterocycles. The molecule has 0 fully saturated rings. The normalized spacial score (nSPS) is 11.7. The number of nitrogens with zero attached hydrogens (tertiary/aromatic N) is 3. The van der Waals surface area contributed by atoms with E-state index in [-0.39, 0.29) is 5.56 Å². The zero-order valence-electron chi connectivity index (χ0n) is 15.7. The Kier molecular flexibility index (Phi) is 4.28. The lowest BCUT2D eigenvalue weighted by Crippen LogP contribution is -2.17. The smallest absolute Gasteiger partial charge is 0.280 e. The Hall–Kier alpha value is -2.99. The predicted molar refractivity (Wildman–Crippen MR) is 112 cm³/mol. The summed E-state index contributed by atoms with van der Waals surface area (Å²) in [5, 5.41) is 3.79. The number of fused-ring (bicyclic) bond motifs is 1. The molecule has 6 heteroatoms. The largest absolute Gasteiger partial charge is 0.295 e. The molecule has 0 aliphatic carbocycles. The average molecular weight is 376 g/mol. The molecule has 2 aromatic heterocycles. The molecule has 0 amide bonds. The van der Waals surface area contributed by atoms with E-state index in [1.165, 1.54) is 22.5 Å². The molecule has 4 rings (SSSR count). The Balaban J connectivity index is 1.71. The van der Waals surface area contributed by atoms with E-state index >= 15 is 0 Å². The van der Waals surface area contributed by atoms with Crippen LogP contribution in [0.1, 0.15) is 27.9 Å². The van der Waals surface area contributed by atoms with Crippen LogP contribution in [0.15, 0.2) is 46.2 Å². The van der Waals surface area contributed by atoms with E-state index in [4.69, 9.17) is 0 Å². The summed E-state index contributed by atoms with van der Waals surface area (Å²) >= 11 is 1.52. The van der Waals surface area contributed by atoms with E-state index < -0.39 is 0 Å². The fraction of sp³-hybridized carbons (Fsp3) is 0.190. The Labute approximate surface area is 161 Å². The van der Waals surface area contributed by atoms with E-state index in [1.807, 2.05) is 44.2 Å². The fourth-order valence-electron chi connectivity index (χ4n) is 2.95. The highest BCUT2D eigenvalue weighted by molar-refractivity contribution is 7.22. The molecule has 27 heavy (non-hydrogen) atoms. The molecule has 2 aromatic carbocycles. The third-order valence-corrected chi connectivity index (χ3v) is 5.63. The Morgan fingerprint density at radius 2 is 1.89 bits per heavy atom. The van der Waals surface area contributed by atoms with Crippen LogP contribution in [0.5, 0.6) is 0 Å². The molecule has 2 heterocycles. The third-order valence-electron chi connectivity index (χ3n) is 4.70. The molecule has 4 aromatic rings. The second-order valence-electron chi connectivity index (χ2n) is 6.79. The van der Waals surface area contributed by atoms with Gasteiger partial charge in [-0.05, 0) is 68.7 Å². The topological polar surface area (TPSA) is 63.0 Å². The van der Waals surface area contributed by atoms with Gasteiger partial charge in [-0.1, -0.05) is 23.5 Å². The van der Waals surface area contributed by atoms with E-state index in [1.54, 1.807) is 10.9 Å². The highest BCUT2D eigenvalue weighted by Crippen LogP contribution is 2.28. The summed E-state index contributed by atoms with van der Waals surface area (Å²) in [6.07, 6.45) is 1.61. The summed E-state index contributed by atoms with van der Waals surface area (Å²) in [6, 6.07) is 12.1. The molecule has 0 radical (unpaired) electrons. The molecule has 0 saturated heterocycles. The van der Waals surface area contributed by atoms with Crippen molar-refractivity contribution in [2.75, 3.05) is 0 Å². The summed E-state index contributed by atoms with van der Waals surface area (Å²) in [4.78, 5) is 21.8. The van der Waals surface area contributed by atoms with Crippen LogP contribution < -0.4 is 5.56 Å². The molecule has 5 nitrogen and oxygen atoms in total. The van der Waals surface area contributed by atoms with Crippen molar-refractivity contribution in [2.24, 2.45) is 4.99 Å². The van der Waals surface area contributed by atoms with Gasteiger partial charge in [-0.15, -0.1) is 0 Å². The molecule has 0 saturated carbocycles. The van der Waals surface area contributed by atoms with Crippen LogP contribution in [-0.2, 0) is 0 Å². The number of aromatic amines is 1. The van der Waals surface area contributed by atoms with Crippen LogP contribution in [0.3, 0.4) is 0 Å². The number of nitrogens with one attached hydrogen (secondary N) is 1. The number of aliphatic imine (C=N–C) groups is 1. The monoisotopic (exact) mass is 376 g/mol. The number of rotatable bonds is 3. The first-order valence-electron chi connectivity index (χ1n) is 8.73. The maximum atomic E-state index is 12.8. The van der Waals surface area contributed by atoms with Gasteiger partial charge in [0.1, 0.15) is 0 Å². The van der Waals surface area contributed by atoms with Crippen molar-refractivity contribution in [3.05, 3.63) is 74.7 Å². The van der Waals surface area contributed by atoms with Crippen LogP contribution in [0, 0.1) is 27.7 Å². The lowest BCUT2D eigenvalue weighted by Gasteiger charge is -2.05. The minimum Gasteiger partial charge on any atom is -0.295 e. The molecule has 0 spiro atoms. The molecule has 0 aliphatic rings. The van der Waals surface area contributed by atoms with Crippen molar-refractivity contribution in [3.8, 4) is 5.69 Å². The molecule has 136 valence electrons. The third kappa shape index (κ3) is 3.24. The number of hydrogen-bond acceptors (Lipinski definition) is 4. The summed E-state index contributed by atoms with van der Waals surface area (Å²) < 4.78 is 2.66. The number of aryl methyl sites for hydroxylation is 4. The Morgan fingerprint density at radius 1 is 1.07 bits per heavy atom. The van der Waals surface area contributed by atoms with E-state index in [0.717, 1.165) is 27.2 Å². The quantitative estimate of drug-likeness (QED) is 0.524. The van der Waals surface area contributed by atoms with Crippen LogP contribution in [0.25, 0.3) is 15.9 Å². The van der Waals surface area contributed by atoms with Gasteiger partial charge in [-0.25, -0.2) is 14.7 Å². The molecule has 0 atom stereocenters. The van der Waals surface area contributed by atoms with Crippen LogP contribution in [-0.4, -0.2) is 21.0 Å². The maximum absolute atomic E-state index is 12.8. The van der Waals surface area contributed by atoms with Crippen molar-refractivity contribution in [2.45, 2.75) is 27.7 Å². The first-order valence-corrected chi connectivity index (χ1v) is 9.54. The first-order chi connectivity index (χ1) is 12.9. The van der Waals surface area contributed by atoms with Gasteiger partial charge in [-0.3, -0.25) is 9.89 Å². The predicted octanol–water partition coefficient (Wildman–Crippen LogP) is 4.76. The van der Waals surface area contributed by atoms with Gasteiger partial charge < -0.3 is 0 Å². The summed E-state index contributed by atoms with van der Waals surface area (Å²) in [5.41, 5.74) is 6.49. The van der Waals surface area contributed by atoms with Gasteiger partial charge in [0.25, 0.3) is 5.56 Å². The van der Waals surface area contributed by atoms with Gasteiger partial charge in [0.05, 0.1) is 21.5 Å². The maximum Gasteiger partial charge on any atom is 0.280 e. The van der Waals surface area contributed by atoms with Crippen molar-refractivity contribution in [1.29, 1.82) is 0 Å². The van der Waals surface area contributed by atoms with Gasteiger partial charge in [0, 0.05) is 11.9 Å². The zero-order valence-corrected chi connectivity index (χ0v) is 16.5. The summed E-state index contributed by atoms with van der Waals surface area (Å²) in [7, 11) is 0. The number of thiazole rings is 1. The molecular formula is C21H20N4OS. The van der Waals surface area contributed by atoms with Crippen LogP contribution in [0.4, 0.5) is 5.13 Å². The lowest BCUT2D eigenvalue weighted by molar-refractivity contribution is 0.833. The molecule has 0 bridgehead atoms. The fourth-order valence-corrected chi connectivity index (χ4v) is 3.86. The lowest BCUT2D eigenvalue weighted by atomic mass is 10.1. The van der Waals surface area contributed by atoms with Crippen LogP contribution in [0.2, 0.25) is 0 Å². The van der Waals surface area contributed by atoms with E-state index in [2.05, 4.69) is 35.0 Å². The SMILES string of the molecule is Cc1ccc2nc(/N=C/c3c(C)[nH]n(-c4ccc(C)c(C)c4)c3=O)sc2c1. The number of benzene rings is 2. The average Bonchev–Trinajstić information content (AvgIpc) is 3.15. The van der Waals surface area contributed by atoms with Gasteiger partial charge in [0.2, 0.25) is 5.13 Å². The van der Waals surface area contributed by atoms with Crippen molar-refractivity contribution < 1.29 is 0 Å². The second-order valence-corrected chi connectivity index (χ2v) is 7.79. The van der Waals surface area contributed by atoms with Crippen molar-refractivity contribution in [1.82, 2.24) is 14.8 Å². The Morgan fingerprint density at radius 3 is 2.67 bits per heavy atom. The van der Waals surface area contributed by atoms with Crippen LogP contribution >= 0.6 is 11.3 Å². The van der Waals surface area contributed by atoms with E-state index in [0.29, 0.717) is 10.7 Å². The minimum atomic E-state index is -0.114. The molecule has 0 unspecified atom stereocenters. The number of hydrogen-bond donors (Lipinski definition) is 1.